The molecule has 0 aliphatic rings. The fourth-order valence-corrected chi connectivity index (χ4v) is 2.26. The van der Waals surface area contributed by atoms with Gasteiger partial charge in [-0.05, 0) is 40.5 Å². The summed E-state index contributed by atoms with van der Waals surface area (Å²) in [6.45, 7) is 1.83. The minimum Gasteiger partial charge on any atom is -0.301 e. The molecule has 2 aromatic rings. The maximum absolute atomic E-state index is 12.2. The fourth-order valence-electron chi connectivity index (χ4n) is 1.66. The van der Waals surface area contributed by atoms with Crippen LogP contribution in [0.1, 0.15) is 15.9 Å². The van der Waals surface area contributed by atoms with Crippen LogP contribution in [0, 0.1) is 17.0 Å². The van der Waals surface area contributed by atoms with Crippen molar-refractivity contribution < 1.29 is 9.72 Å². The first kappa shape index (κ1) is 15.4. The number of amides is 1. The second-order valence-electron chi connectivity index (χ2n) is 4.15. The highest BCUT2D eigenvalue weighted by Gasteiger charge is 2.20. The molecule has 0 saturated heterocycles. The third kappa shape index (κ3) is 3.37. The monoisotopic (exact) mass is 369 g/mol. The Hall–Kier alpha value is -1.99. The van der Waals surface area contributed by atoms with E-state index in [9.17, 15) is 14.9 Å². The first-order valence-corrected chi connectivity index (χ1v) is 6.94. The molecule has 1 aromatic heterocycles. The number of carbonyl (C=O) groups is 1. The summed E-state index contributed by atoms with van der Waals surface area (Å²) in [5.74, 6) is -0.700. The quantitative estimate of drug-likeness (QED) is 0.503. The molecule has 21 heavy (non-hydrogen) atoms. The Morgan fingerprint density at radius 3 is 2.76 bits per heavy atom. The Morgan fingerprint density at radius 1 is 1.38 bits per heavy atom. The molecule has 1 aromatic carbocycles. The second kappa shape index (κ2) is 6.19. The molecule has 8 heteroatoms. The van der Waals surface area contributed by atoms with Crippen LogP contribution in [0.4, 0.5) is 11.5 Å². The number of carbonyl (C=O) groups excluding carboxylic acids is 1. The number of nitro groups is 1. The van der Waals surface area contributed by atoms with Crippen molar-refractivity contribution in [1.29, 1.82) is 0 Å². The summed E-state index contributed by atoms with van der Waals surface area (Å²) in [4.78, 5) is 26.3. The number of hydrogen-bond donors (Lipinski definition) is 1. The predicted octanol–water partition coefficient (Wildman–Crippen LogP) is 3.97. The molecule has 0 unspecified atom stereocenters. The molecule has 0 bridgehead atoms. The highest BCUT2D eigenvalue weighted by Crippen LogP contribution is 2.26. The van der Waals surface area contributed by atoms with Crippen molar-refractivity contribution in [3.05, 3.63) is 61.2 Å². The minimum absolute atomic E-state index is 0.0548. The lowest BCUT2D eigenvalue weighted by Crippen LogP contribution is -2.15. The molecule has 2 rings (SSSR count). The summed E-state index contributed by atoms with van der Waals surface area (Å²) in [6.07, 6.45) is 0. The van der Waals surface area contributed by atoms with Gasteiger partial charge in [0.25, 0.3) is 5.91 Å². The molecule has 0 aliphatic heterocycles. The molecule has 0 spiro atoms. The summed E-state index contributed by atoms with van der Waals surface area (Å²) in [6, 6.07) is 7.63. The van der Waals surface area contributed by atoms with E-state index in [0.29, 0.717) is 10.0 Å². The Labute approximate surface area is 133 Å². The van der Waals surface area contributed by atoms with Gasteiger partial charge < -0.3 is 5.32 Å². The molecule has 6 nitrogen and oxygen atoms in total. The van der Waals surface area contributed by atoms with Crippen LogP contribution in [0.5, 0.6) is 0 Å². The molecule has 1 amide bonds. The molecule has 0 radical (unpaired) electrons. The van der Waals surface area contributed by atoms with E-state index in [1.165, 1.54) is 12.1 Å². The van der Waals surface area contributed by atoms with Gasteiger partial charge in [-0.3, -0.25) is 14.9 Å². The number of anilines is 1. The van der Waals surface area contributed by atoms with Crippen molar-refractivity contribution in [3.63, 3.8) is 0 Å². The van der Waals surface area contributed by atoms with Crippen LogP contribution < -0.4 is 5.32 Å². The number of hydrogen-bond acceptors (Lipinski definition) is 4. The standard InChI is InChI=1S/C13H9BrClN3O3/c1-7-3-2-4-8(11(7)14)13(19)17-12-9(18(20)21)5-6-10(15)16-12/h2-6H,1H3,(H,16,17,19). The molecule has 0 atom stereocenters. The molecular weight excluding hydrogens is 362 g/mol. The van der Waals surface area contributed by atoms with Crippen molar-refractivity contribution in [2.75, 3.05) is 5.32 Å². The highest BCUT2D eigenvalue weighted by atomic mass is 79.9. The van der Waals surface area contributed by atoms with Gasteiger partial charge in [-0.1, -0.05) is 23.7 Å². The van der Waals surface area contributed by atoms with Crippen molar-refractivity contribution in [2.45, 2.75) is 6.92 Å². The van der Waals surface area contributed by atoms with Gasteiger partial charge in [0.1, 0.15) is 5.15 Å². The van der Waals surface area contributed by atoms with Crippen LogP contribution >= 0.6 is 27.5 Å². The number of benzene rings is 1. The molecule has 1 heterocycles. The predicted molar refractivity (Wildman–Crippen MR) is 82.7 cm³/mol. The molecule has 0 aliphatic carbocycles. The lowest BCUT2D eigenvalue weighted by atomic mass is 10.1. The summed E-state index contributed by atoms with van der Waals surface area (Å²) < 4.78 is 0.618. The zero-order valence-electron chi connectivity index (χ0n) is 10.8. The largest absolute Gasteiger partial charge is 0.311 e. The number of halogens is 2. The van der Waals surface area contributed by atoms with E-state index in [1.54, 1.807) is 12.1 Å². The van der Waals surface area contributed by atoms with Gasteiger partial charge in [-0.15, -0.1) is 0 Å². The van der Waals surface area contributed by atoms with Crippen LogP contribution in [-0.2, 0) is 0 Å². The third-order valence-corrected chi connectivity index (χ3v) is 3.97. The van der Waals surface area contributed by atoms with E-state index >= 15 is 0 Å². The highest BCUT2D eigenvalue weighted by molar-refractivity contribution is 9.10. The van der Waals surface area contributed by atoms with Crippen LogP contribution in [0.15, 0.2) is 34.8 Å². The topological polar surface area (TPSA) is 85.1 Å². The van der Waals surface area contributed by atoms with Crippen molar-refractivity contribution in [3.8, 4) is 0 Å². The first-order valence-electron chi connectivity index (χ1n) is 5.77. The molecule has 108 valence electrons. The maximum atomic E-state index is 12.2. The van der Waals surface area contributed by atoms with Gasteiger partial charge in [-0.2, -0.15) is 0 Å². The molecule has 0 saturated carbocycles. The van der Waals surface area contributed by atoms with Crippen LogP contribution in [0.2, 0.25) is 5.15 Å². The fraction of sp³-hybridized carbons (Fsp3) is 0.0769. The zero-order valence-corrected chi connectivity index (χ0v) is 13.1. The van der Waals surface area contributed by atoms with E-state index < -0.39 is 10.8 Å². The first-order chi connectivity index (χ1) is 9.90. The summed E-state index contributed by atoms with van der Waals surface area (Å²) in [5.41, 5.74) is 0.902. The lowest BCUT2D eigenvalue weighted by molar-refractivity contribution is -0.384. The molecule has 1 N–H and O–H groups in total. The number of nitrogens with zero attached hydrogens (tertiary/aromatic N) is 2. The van der Waals surface area contributed by atoms with Gasteiger partial charge >= 0.3 is 5.69 Å². The number of rotatable bonds is 3. The number of aromatic nitrogens is 1. The van der Waals surface area contributed by atoms with Crippen LogP contribution in [0.3, 0.4) is 0 Å². The second-order valence-corrected chi connectivity index (χ2v) is 5.33. The van der Waals surface area contributed by atoms with Crippen molar-refractivity contribution in [2.24, 2.45) is 0 Å². The Morgan fingerprint density at radius 2 is 2.10 bits per heavy atom. The van der Waals surface area contributed by atoms with E-state index in [4.69, 9.17) is 11.6 Å². The van der Waals surface area contributed by atoms with Gasteiger partial charge in [0.2, 0.25) is 5.82 Å². The van der Waals surface area contributed by atoms with E-state index in [2.05, 4.69) is 26.2 Å². The number of pyridine rings is 1. The number of aryl methyl sites for hydroxylation is 1. The Bertz CT molecular complexity index is 737. The summed E-state index contributed by atoms with van der Waals surface area (Å²) in [5, 5.41) is 13.4. The van der Waals surface area contributed by atoms with E-state index in [0.717, 1.165) is 5.56 Å². The Balaban J connectivity index is 2.38. The van der Waals surface area contributed by atoms with E-state index in [-0.39, 0.29) is 16.7 Å². The molecule has 0 fully saturated rings. The zero-order chi connectivity index (χ0) is 15.6. The third-order valence-electron chi connectivity index (χ3n) is 2.71. The van der Waals surface area contributed by atoms with Gasteiger partial charge in [0.15, 0.2) is 0 Å². The maximum Gasteiger partial charge on any atom is 0.311 e. The SMILES string of the molecule is Cc1cccc(C(=O)Nc2nc(Cl)ccc2[N+](=O)[O-])c1Br. The van der Waals surface area contributed by atoms with Crippen LogP contribution in [0.25, 0.3) is 0 Å². The number of nitrogens with one attached hydrogen (secondary N) is 1. The van der Waals surface area contributed by atoms with Gasteiger partial charge in [0.05, 0.1) is 10.5 Å². The molecular formula is C13H9BrClN3O3. The van der Waals surface area contributed by atoms with Gasteiger partial charge in [-0.25, -0.2) is 4.98 Å². The van der Waals surface area contributed by atoms with E-state index in [1.807, 2.05) is 13.0 Å². The summed E-state index contributed by atoms with van der Waals surface area (Å²) >= 11 is 9.03. The van der Waals surface area contributed by atoms with Crippen molar-refractivity contribution >= 4 is 44.9 Å². The average molecular weight is 371 g/mol. The average Bonchev–Trinajstić information content (AvgIpc) is 2.41. The minimum atomic E-state index is -0.635. The Kier molecular flexibility index (Phi) is 4.54. The lowest BCUT2D eigenvalue weighted by Gasteiger charge is -2.08. The normalized spacial score (nSPS) is 10.2. The summed E-state index contributed by atoms with van der Waals surface area (Å²) in [7, 11) is 0. The van der Waals surface area contributed by atoms with Crippen LogP contribution in [-0.4, -0.2) is 15.8 Å². The van der Waals surface area contributed by atoms with Gasteiger partial charge in [0, 0.05) is 10.5 Å². The smallest absolute Gasteiger partial charge is 0.301 e. The van der Waals surface area contributed by atoms with Crippen molar-refractivity contribution in [1.82, 2.24) is 4.98 Å².